The van der Waals surface area contributed by atoms with E-state index in [1.54, 1.807) is 19.0 Å². The number of nitrogens with one attached hydrogen (secondary N) is 1. The van der Waals surface area contributed by atoms with Crippen molar-refractivity contribution >= 4 is 11.8 Å². The van der Waals surface area contributed by atoms with E-state index in [0.717, 1.165) is 0 Å². The average Bonchev–Trinajstić information content (AvgIpc) is 3.34. The Hall–Kier alpha value is -2.57. The predicted octanol–water partition coefficient (Wildman–Crippen LogP) is 6.33. The Morgan fingerprint density at radius 2 is 1.75 bits per heavy atom. The third kappa shape index (κ3) is 10.6. The zero-order valence-corrected chi connectivity index (χ0v) is 24.5. The maximum absolute atomic E-state index is 11.9. The number of likely N-dealkylation sites (N-methyl/N-ethyl adjacent to an activating group) is 3. The number of nitrogens with zero attached hydrogens (tertiary/aromatic N) is 2. The summed E-state index contributed by atoms with van der Waals surface area (Å²) >= 11 is 0. The van der Waals surface area contributed by atoms with Crippen molar-refractivity contribution in [2.45, 2.75) is 86.6 Å². The van der Waals surface area contributed by atoms with Crippen molar-refractivity contribution in [2.24, 2.45) is 5.41 Å². The van der Waals surface area contributed by atoms with Crippen molar-refractivity contribution in [3.8, 4) is 0 Å². The van der Waals surface area contributed by atoms with Gasteiger partial charge in [0.1, 0.15) is 0 Å². The van der Waals surface area contributed by atoms with Gasteiger partial charge in [0.2, 0.25) is 5.76 Å². The van der Waals surface area contributed by atoms with Crippen molar-refractivity contribution in [1.29, 1.82) is 0 Å². The van der Waals surface area contributed by atoms with Gasteiger partial charge in [0, 0.05) is 33.7 Å². The highest BCUT2D eigenvalue weighted by molar-refractivity contribution is 6.03. The second kappa shape index (κ2) is 18.7. The molecular weight excluding hydrogens is 457 g/mol. The Morgan fingerprint density at radius 3 is 2.14 bits per heavy atom. The van der Waals surface area contributed by atoms with Crippen molar-refractivity contribution in [3.63, 3.8) is 0 Å². The molecule has 0 spiro atoms. The third-order valence-corrected chi connectivity index (χ3v) is 6.37. The standard InChI is InChI=1S/C15H24.C10H17N3O3.C2H5F.C2H6/c1-5-9-14(12-13(3)4)15(6-2)10-7-8-11-15;1-6-5-12(3)7(10(16)13(6)4)8(14)9(15)11-2;1-2-3;1-2/h5,9,12H,3,6-8,10-11H2,1-2,4H3;6,14H,5H2,1-4H3,(H,11,15);2H2,1H3;1-2H3/b9-5-,14-12+;8-7+;;. The fourth-order valence-corrected chi connectivity index (χ4v) is 4.37. The minimum Gasteiger partial charge on any atom is -0.501 e. The van der Waals surface area contributed by atoms with Crippen LogP contribution in [0.4, 0.5) is 4.39 Å². The summed E-state index contributed by atoms with van der Waals surface area (Å²) in [5.74, 6) is -1.53. The van der Waals surface area contributed by atoms with E-state index in [1.165, 1.54) is 62.1 Å². The molecule has 1 saturated heterocycles. The summed E-state index contributed by atoms with van der Waals surface area (Å²) in [5, 5.41) is 12.0. The van der Waals surface area contributed by atoms with Crippen LogP contribution >= 0.6 is 0 Å². The first-order valence-electron chi connectivity index (χ1n) is 13.2. The van der Waals surface area contributed by atoms with Gasteiger partial charge in [0.25, 0.3) is 11.8 Å². The SMILES string of the molecule is C=C(C)/C=C(\C=C/C)C1(CC)CCCC1.CC.CCF.CNC(=O)/C(O)=C1/C(=O)N(C)C(C)CN1C. The molecule has 0 aromatic carbocycles. The van der Waals surface area contributed by atoms with Gasteiger partial charge in [-0.2, -0.15) is 0 Å². The van der Waals surface area contributed by atoms with Crippen LogP contribution in [0.1, 0.15) is 80.6 Å². The maximum atomic E-state index is 11.9. The Bertz CT molecular complexity index is 781. The van der Waals surface area contributed by atoms with Gasteiger partial charge in [-0.15, -0.1) is 0 Å². The molecule has 1 heterocycles. The van der Waals surface area contributed by atoms with Crippen LogP contribution in [0.5, 0.6) is 0 Å². The number of rotatable bonds is 5. The first-order valence-corrected chi connectivity index (χ1v) is 13.2. The number of aliphatic hydroxyl groups is 1. The topological polar surface area (TPSA) is 72.9 Å². The van der Waals surface area contributed by atoms with Crippen LogP contribution in [0.15, 0.2) is 47.4 Å². The van der Waals surface area contributed by atoms with Crippen LogP contribution in [0, 0.1) is 5.41 Å². The lowest BCUT2D eigenvalue weighted by atomic mass is 9.75. The number of allylic oxidation sites excluding steroid dienone is 5. The Labute approximate surface area is 220 Å². The van der Waals surface area contributed by atoms with E-state index in [2.05, 4.69) is 50.9 Å². The first-order chi connectivity index (χ1) is 17.0. The molecule has 2 aliphatic rings. The molecule has 2 amide bonds. The van der Waals surface area contributed by atoms with Gasteiger partial charge < -0.3 is 20.2 Å². The van der Waals surface area contributed by atoms with Crippen molar-refractivity contribution in [1.82, 2.24) is 15.1 Å². The summed E-state index contributed by atoms with van der Waals surface area (Å²) in [6.45, 7) is 18.2. The summed E-state index contributed by atoms with van der Waals surface area (Å²) in [7, 11) is 4.73. The van der Waals surface area contributed by atoms with E-state index < -0.39 is 11.7 Å². The highest BCUT2D eigenvalue weighted by Gasteiger charge is 2.35. The maximum Gasteiger partial charge on any atom is 0.288 e. The molecule has 1 unspecified atom stereocenters. The minimum atomic E-state index is -0.654. The number of alkyl halides is 1. The second-order valence-corrected chi connectivity index (χ2v) is 8.98. The molecule has 2 N–H and O–H groups in total. The number of carbonyl (C=O) groups excluding carboxylic acids is 2. The van der Waals surface area contributed by atoms with Gasteiger partial charge in [0.05, 0.1) is 6.67 Å². The van der Waals surface area contributed by atoms with E-state index in [9.17, 15) is 19.1 Å². The molecule has 0 aromatic rings. The highest BCUT2D eigenvalue weighted by atomic mass is 19.1. The molecule has 1 aliphatic heterocycles. The first kappa shape index (κ1) is 35.6. The lowest BCUT2D eigenvalue weighted by Crippen LogP contribution is -2.51. The number of amides is 2. The molecule has 208 valence electrons. The van der Waals surface area contributed by atoms with Crippen LogP contribution in [-0.4, -0.2) is 67.1 Å². The lowest BCUT2D eigenvalue weighted by Gasteiger charge is -2.38. The van der Waals surface area contributed by atoms with Crippen LogP contribution in [0.25, 0.3) is 0 Å². The van der Waals surface area contributed by atoms with E-state index in [1.807, 2.05) is 20.8 Å². The summed E-state index contributed by atoms with van der Waals surface area (Å²) in [6, 6.07) is 0.0544. The zero-order valence-electron chi connectivity index (χ0n) is 24.5. The molecule has 6 nitrogen and oxygen atoms in total. The summed E-state index contributed by atoms with van der Waals surface area (Å²) < 4.78 is 10.3. The number of aliphatic hydroxyl groups excluding tert-OH is 1. The quantitative estimate of drug-likeness (QED) is 0.258. The van der Waals surface area contributed by atoms with Gasteiger partial charge in [-0.3, -0.25) is 14.0 Å². The van der Waals surface area contributed by atoms with E-state index in [-0.39, 0.29) is 24.3 Å². The molecular formula is C29H52FN3O3. The number of hydrogen-bond donors (Lipinski definition) is 2. The van der Waals surface area contributed by atoms with Crippen LogP contribution in [0.2, 0.25) is 0 Å². The van der Waals surface area contributed by atoms with E-state index in [0.29, 0.717) is 12.0 Å². The molecule has 2 rings (SSSR count). The van der Waals surface area contributed by atoms with Gasteiger partial charge in [-0.1, -0.05) is 64.0 Å². The molecule has 2 fully saturated rings. The largest absolute Gasteiger partial charge is 0.501 e. The number of piperazine rings is 1. The minimum absolute atomic E-state index is 0.0416. The Kier molecular flexibility index (Phi) is 18.5. The molecule has 36 heavy (non-hydrogen) atoms. The summed E-state index contributed by atoms with van der Waals surface area (Å²) in [5.41, 5.74) is 3.16. The summed E-state index contributed by atoms with van der Waals surface area (Å²) in [4.78, 5) is 26.3. The molecule has 0 aromatic heterocycles. The van der Waals surface area contributed by atoms with Gasteiger partial charge in [0.15, 0.2) is 5.70 Å². The van der Waals surface area contributed by atoms with Crippen molar-refractivity contribution < 1.29 is 19.1 Å². The van der Waals surface area contributed by atoms with Crippen LogP contribution in [0.3, 0.4) is 0 Å². The molecule has 1 saturated carbocycles. The third-order valence-electron chi connectivity index (χ3n) is 6.37. The Balaban J connectivity index is 0. The summed E-state index contributed by atoms with van der Waals surface area (Å²) in [6.07, 6.45) is 13.5. The van der Waals surface area contributed by atoms with Crippen molar-refractivity contribution in [2.75, 3.05) is 34.4 Å². The van der Waals surface area contributed by atoms with Crippen molar-refractivity contribution in [3.05, 3.63) is 47.4 Å². The van der Waals surface area contributed by atoms with Gasteiger partial charge in [-0.05, 0) is 57.9 Å². The van der Waals surface area contributed by atoms with Crippen LogP contribution < -0.4 is 5.32 Å². The predicted molar refractivity (Wildman–Crippen MR) is 150 cm³/mol. The van der Waals surface area contributed by atoms with E-state index in [4.69, 9.17) is 0 Å². The lowest BCUT2D eigenvalue weighted by molar-refractivity contribution is -0.133. The molecule has 7 heteroatoms. The fourth-order valence-electron chi connectivity index (χ4n) is 4.37. The Morgan fingerprint density at radius 1 is 1.25 bits per heavy atom. The molecule has 0 radical (unpaired) electrons. The molecule has 1 aliphatic carbocycles. The molecule has 1 atom stereocenters. The second-order valence-electron chi connectivity index (χ2n) is 8.98. The number of halogens is 1. The van der Waals surface area contributed by atoms with Crippen LogP contribution in [-0.2, 0) is 9.59 Å². The fraction of sp³-hybridized carbons (Fsp3) is 0.655. The molecule has 0 bridgehead atoms. The van der Waals surface area contributed by atoms with Gasteiger partial charge >= 0.3 is 0 Å². The van der Waals surface area contributed by atoms with Gasteiger partial charge in [-0.25, -0.2) is 0 Å². The average molecular weight is 510 g/mol. The highest BCUT2D eigenvalue weighted by Crippen LogP contribution is 2.47. The monoisotopic (exact) mass is 509 g/mol. The number of hydrogen-bond acceptors (Lipinski definition) is 4. The normalized spacial score (nSPS) is 20.4. The zero-order chi connectivity index (χ0) is 28.5. The smallest absolute Gasteiger partial charge is 0.288 e. The van der Waals surface area contributed by atoms with E-state index >= 15 is 0 Å². The number of carbonyl (C=O) groups is 2.